The number of halogens is 2. The molecule has 2 aromatic rings. The van der Waals surface area contributed by atoms with Gasteiger partial charge in [-0.3, -0.25) is 0 Å². The van der Waals surface area contributed by atoms with Crippen molar-refractivity contribution < 1.29 is 9.13 Å². The molecule has 1 aromatic heterocycles. The van der Waals surface area contributed by atoms with Gasteiger partial charge in [-0.05, 0) is 34.1 Å². The van der Waals surface area contributed by atoms with E-state index in [-0.39, 0.29) is 5.82 Å². The number of thiazole rings is 1. The summed E-state index contributed by atoms with van der Waals surface area (Å²) in [6.07, 6.45) is 0. The Hall–Kier alpha value is -0.780. The molecule has 0 atom stereocenters. The zero-order valence-corrected chi connectivity index (χ0v) is 10.9. The minimum absolute atomic E-state index is 0.260. The molecule has 0 fully saturated rings. The fourth-order valence-electron chi connectivity index (χ4n) is 1.31. The van der Waals surface area contributed by atoms with E-state index < -0.39 is 0 Å². The van der Waals surface area contributed by atoms with Crippen LogP contribution in [0.15, 0.2) is 28.1 Å². The summed E-state index contributed by atoms with van der Waals surface area (Å²) in [5, 5.41) is 2.80. The Labute approximate surface area is 105 Å². The molecule has 2 rings (SSSR count). The maximum absolute atomic E-state index is 12.9. The highest BCUT2D eigenvalue weighted by Gasteiger charge is 2.08. The maximum atomic E-state index is 12.9. The third kappa shape index (κ3) is 2.48. The number of ether oxygens (including phenoxy) is 1. The second kappa shape index (κ2) is 5.03. The first-order chi connectivity index (χ1) is 7.70. The van der Waals surface area contributed by atoms with Crippen LogP contribution in [-0.2, 0) is 11.3 Å². The highest BCUT2D eigenvalue weighted by Crippen LogP contribution is 2.31. The lowest BCUT2D eigenvalue weighted by Crippen LogP contribution is -1.87. The molecule has 0 bridgehead atoms. The van der Waals surface area contributed by atoms with Gasteiger partial charge in [0.2, 0.25) is 0 Å². The summed E-state index contributed by atoms with van der Waals surface area (Å²) in [7, 11) is 1.63. The van der Waals surface area contributed by atoms with E-state index >= 15 is 0 Å². The molecule has 1 aromatic carbocycles. The zero-order chi connectivity index (χ0) is 11.5. The van der Waals surface area contributed by atoms with E-state index in [9.17, 15) is 4.39 Å². The minimum atomic E-state index is -0.260. The van der Waals surface area contributed by atoms with Crippen LogP contribution in [0, 0.1) is 5.82 Å². The molecule has 16 heavy (non-hydrogen) atoms. The number of methoxy groups -OCH3 is 1. The van der Waals surface area contributed by atoms with Crippen LogP contribution >= 0.6 is 27.3 Å². The van der Waals surface area contributed by atoms with Crippen LogP contribution in [0.3, 0.4) is 0 Å². The standard InChI is InChI=1S/C11H9BrFNOS/c1-15-5-8-6-16-11(14-8)9-3-2-7(13)4-10(9)12/h2-4,6H,5H2,1H3. The Balaban J connectivity index is 2.35. The number of aromatic nitrogens is 1. The van der Waals surface area contributed by atoms with E-state index in [1.807, 2.05) is 5.38 Å². The molecule has 0 saturated heterocycles. The summed E-state index contributed by atoms with van der Waals surface area (Å²) >= 11 is 4.85. The zero-order valence-electron chi connectivity index (χ0n) is 8.54. The van der Waals surface area contributed by atoms with Crippen LogP contribution in [0.5, 0.6) is 0 Å². The summed E-state index contributed by atoms with van der Waals surface area (Å²) in [5.41, 5.74) is 1.78. The Bertz CT molecular complexity index is 500. The lowest BCUT2D eigenvalue weighted by Gasteiger charge is -2.00. The summed E-state index contributed by atoms with van der Waals surface area (Å²) in [6, 6.07) is 4.58. The minimum Gasteiger partial charge on any atom is -0.378 e. The Morgan fingerprint density at radius 3 is 3.00 bits per heavy atom. The predicted octanol–water partition coefficient (Wildman–Crippen LogP) is 3.86. The van der Waals surface area contributed by atoms with E-state index in [1.165, 1.54) is 23.5 Å². The first-order valence-corrected chi connectivity index (χ1v) is 6.26. The van der Waals surface area contributed by atoms with E-state index in [2.05, 4.69) is 20.9 Å². The number of hydrogen-bond donors (Lipinski definition) is 0. The Morgan fingerprint density at radius 2 is 2.31 bits per heavy atom. The molecule has 2 nitrogen and oxygen atoms in total. The largest absolute Gasteiger partial charge is 0.378 e. The molecular formula is C11H9BrFNOS. The van der Waals surface area contributed by atoms with E-state index in [0.717, 1.165) is 16.3 Å². The van der Waals surface area contributed by atoms with Gasteiger partial charge in [-0.1, -0.05) is 0 Å². The monoisotopic (exact) mass is 301 g/mol. The van der Waals surface area contributed by atoms with E-state index in [1.54, 1.807) is 13.2 Å². The van der Waals surface area contributed by atoms with Crippen molar-refractivity contribution in [3.8, 4) is 10.6 Å². The summed E-state index contributed by atoms with van der Waals surface area (Å²) in [6.45, 7) is 0.495. The third-order valence-corrected chi connectivity index (χ3v) is 3.59. The number of hydrogen-bond acceptors (Lipinski definition) is 3. The van der Waals surface area contributed by atoms with Crippen molar-refractivity contribution in [3.63, 3.8) is 0 Å². The van der Waals surface area contributed by atoms with Crippen LogP contribution < -0.4 is 0 Å². The van der Waals surface area contributed by atoms with Crippen molar-refractivity contribution in [2.45, 2.75) is 6.61 Å². The topological polar surface area (TPSA) is 22.1 Å². The van der Waals surface area contributed by atoms with Crippen molar-refractivity contribution in [1.29, 1.82) is 0 Å². The van der Waals surface area contributed by atoms with Crippen molar-refractivity contribution in [1.82, 2.24) is 4.98 Å². The first-order valence-electron chi connectivity index (χ1n) is 4.59. The van der Waals surface area contributed by atoms with E-state index in [0.29, 0.717) is 11.1 Å². The number of rotatable bonds is 3. The molecule has 0 aliphatic heterocycles. The van der Waals surface area contributed by atoms with Crippen LogP contribution in [0.1, 0.15) is 5.69 Å². The average Bonchev–Trinajstić information content (AvgIpc) is 2.67. The van der Waals surface area contributed by atoms with Gasteiger partial charge < -0.3 is 4.74 Å². The van der Waals surface area contributed by atoms with Gasteiger partial charge in [0.05, 0.1) is 12.3 Å². The fourth-order valence-corrected chi connectivity index (χ4v) is 2.82. The van der Waals surface area contributed by atoms with Crippen molar-refractivity contribution in [2.75, 3.05) is 7.11 Å². The van der Waals surface area contributed by atoms with Crippen molar-refractivity contribution in [2.24, 2.45) is 0 Å². The van der Waals surface area contributed by atoms with Gasteiger partial charge in [-0.2, -0.15) is 0 Å². The average molecular weight is 302 g/mol. The lowest BCUT2D eigenvalue weighted by atomic mass is 10.2. The normalized spacial score (nSPS) is 10.7. The number of benzene rings is 1. The SMILES string of the molecule is COCc1csc(-c2ccc(F)cc2Br)n1. The molecule has 0 N–H and O–H groups in total. The molecule has 0 aliphatic carbocycles. The van der Waals surface area contributed by atoms with Crippen LogP contribution in [0.25, 0.3) is 10.6 Å². The fraction of sp³-hybridized carbons (Fsp3) is 0.182. The van der Waals surface area contributed by atoms with Gasteiger partial charge in [-0.25, -0.2) is 9.37 Å². The second-order valence-electron chi connectivity index (χ2n) is 3.20. The molecular weight excluding hydrogens is 293 g/mol. The maximum Gasteiger partial charge on any atom is 0.124 e. The Morgan fingerprint density at radius 1 is 1.50 bits per heavy atom. The van der Waals surface area contributed by atoms with Crippen LogP contribution in [0.2, 0.25) is 0 Å². The summed E-state index contributed by atoms with van der Waals surface area (Å²) in [4.78, 5) is 4.40. The molecule has 5 heteroatoms. The highest BCUT2D eigenvalue weighted by molar-refractivity contribution is 9.10. The molecule has 84 valence electrons. The number of nitrogens with zero attached hydrogens (tertiary/aromatic N) is 1. The molecule has 0 spiro atoms. The van der Waals surface area contributed by atoms with Gasteiger partial charge in [0.1, 0.15) is 10.8 Å². The van der Waals surface area contributed by atoms with Crippen LogP contribution in [-0.4, -0.2) is 12.1 Å². The van der Waals surface area contributed by atoms with E-state index in [4.69, 9.17) is 4.74 Å². The quantitative estimate of drug-likeness (QED) is 0.859. The molecule has 0 unspecified atom stereocenters. The van der Waals surface area contributed by atoms with Crippen molar-refractivity contribution in [3.05, 3.63) is 39.6 Å². The molecule has 1 heterocycles. The van der Waals surface area contributed by atoms with Gasteiger partial charge in [0.25, 0.3) is 0 Å². The van der Waals surface area contributed by atoms with Crippen molar-refractivity contribution >= 4 is 27.3 Å². The smallest absolute Gasteiger partial charge is 0.124 e. The highest BCUT2D eigenvalue weighted by atomic mass is 79.9. The van der Waals surface area contributed by atoms with Gasteiger partial charge in [0.15, 0.2) is 0 Å². The van der Waals surface area contributed by atoms with Gasteiger partial charge in [0, 0.05) is 22.5 Å². The molecule has 0 radical (unpaired) electrons. The lowest BCUT2D eigenvalue weighted by molar-refractivity contribution is 0.182. The predicted molar refractivity (Wildman–Crippen MR) is 65.9 cm³/mol. The second-order valence-corrected chi connectivity index (χ2v) is 4.91. The Kier molecular flexibility index (Phi) is 3.68. The third-order valence-electron chi connectivity index (χ3n) is 2.01. The molecule has 0 aliphatic rings. The van der Waals surface area contributed by atoms with Crippen LogP contribution in [0.4, 0.5) is 4.39 Å². The summed E-state index contributed by atoms with van der Waals surface area (Å²) < 4.78 is 18.6. The first kappa shape index (κ1) is 11.7. The van der Waals surface area contributed by atoms with Gasteiger partial charge in [-0.15, -0.1) is 11.3 Å². The molecule has 0 amide bonds. The summed E-state index contributed by atoms with van der Waals surface area (Å²) in [5.74, 6) is -0.260. The molecule has 0 saturated carbocycles. The van der Waals surface area contributed by atoms with Gasteiger partial charge >= 0.3 is 0 Å².